The molecule has 0 radical (unpaired) electrons. The Hall–Kier alpha value is -2.95. The van der Waals surface area contributed by atoms with Crippen LogP contribution >= 0.6 is 0 Å². The smallest absolute Gasteiger partial charge is 0.248 e. The van der Waals surface area contributed by atoms with Crippen LogP contribution in [0.5, 0.6) is 0 Å². The molecule has 1 aromatic carbocycles. The highest BCUT2D eigenvalue weighted by Gasteiger charge is 2.09. The van der Waals surface area contributed by atoms with Crippen LogP contribution in [-0.2, 0) is 0 Å². The van der Waals surface area contributed by atoms with Gasteiger partial charge in [0.1, 0.15) is 5.69 Å². The van der Waals surface area contributed by atoms with Gasteiger partial charge in [0.15, 0.2) is 0 Å². The van der Waals surface area contributed by atoms with E-state index in [1.165, 1.54) is 6.07 Å². The van der Waals surface area contributed by atoms with E-state index in [1.54, 1.807) is 6.07 Å². The SMILES string of the molecule is O=c1ccc2nc(-c3n[nH]c4ccccc34)ccc2[nH]1. The van der Waals surface area contributed by atoms with Crippen molar-refractivity contribution in [2.45, 2.75) is 0 Å². The Bertz CT molecular complexity index is 984. The fourth-order valence-corrected chi connectivity index (χ4v) is 2.33. The van der Waals surface area contributed by atoms with Crippen molar-refractivity contribution in [2.75, 3.05) is 0 Å². The van der Waals surface area contributed by atoms with E-state index in [1.807, 2.05) is 36.4 Å². The molecule has 0 spiro atoms. The second kappa shape index (κ2) is 4.03. The minimum Gasteiger partial charge on any atom is -0.321 e. The van der Waals surface area contributed by atoms with Crippen molar-refractivity contribution < 1.29 is 0 Å². The second-order valence-electron chi connectivity index (χ2n) is 4.57. The molecule has 3 aromatic heterocycles. The van der Waals surface area contributed by atoms with Crippen molar-refractivity contribution in [3.05, 3.63) is 58.9 Å². The number of pyridine rings is 2. The monoisotopic (exact) mass is 262 g/mol. The summed E-state index contributed by atoms with van der Waals surface area (Å²) in [4.78, 5) is 18.6. The first-order valence-electron chi connectivity index (χ1n) is 6.25. The molecule has 0 atom stereocenters. The number of benzene rings is 1. The summed E-state index contributed by atoms with van der Waals surface area (Å²) in [5.41, 5.74) is 3.91. The summed E-state index contributed by atoms with van der Waals surface area (Å²) < 4.78 is 0. The highest BCUT2D eigenvalue weighted by Crippen LogP contribution is 2.25. The average molecular weight is 262 g/mol. The third-order valence-electron chi connectivity index (χ3n) is 3.29. The Morgan fingerprint density at radius 1 is 0.900 bits per heavy atom. The van der Waals surface area contributed by atoms with Gasteiger partial charge in [-0.1, -0.05) is 18.2 Å². The molecule has 5 heteroatoms. The predicted octanol–water partition coefficient (Wildman–Crippen LogP) is 2.47. The van der Waals surface area contributed by atoms with Gasteiger partial charge < -0.3 is 4.98 Å². The number of fused-ring (bicyclic) bond motifs is 2. The molecule has 0 unspecified atom stereocenters. The molecule has 20 heavy (non-hydrogen) atoms. The number of nitrogens with zero attached hydrogens (tertiary/aromatic N) is 2. The van der Waals surface area contributed by atoms with E-state index >= 15 is 0 Å². The summed E-state index contributed by atoms with van der Waals surface area (Å²) in [6, 6.07) is 14.8. The van der Waals surface area contributed by atoms with Crippen molar-refractivity contribution in [3.63, 3.8) is 0 Å². The van der Waals surface area contributed by atoms with E-state index in [0.29, 0.717) is 0 Å². The van der Waals surface area contributed by atoms with Crippen molar-refractivity contribution in [1.82, 2.24) is 20.2 Å². The number of hydrogen-bond acceptors (Lipinski definition) is 3. The van der Waals surface area contributed by atoms with Gasteiger partial charge in [0.2, 0.25) is 5.56 Å². The summed E-state index contributed by atoms with van der Waals surface area (Å²) in [5, 5.41) is 8.36. The van der Waals surface area contributed by atoms with Gasteiger partial charge in [-0.25, -0.2) is 4.98 Å². The standard InChI is InChI=1S/C15H10N4O/c20-14-8-7-11-12(17-14)5-6-13(16-11)15-9-3-1-2-4-10(9)18-19-15/h1-8H,(H,17,20)(H,18,19). The number of para-hydroxylation sites is 1. The largest absolute Gasteiger partial charge is 0.321 e. The Morgan fingerprint density at radius 3 is 2.75 bits per heavy atom. The van der Waals surface area contributed by atoms with Crippen LogP contribution in [0, 0.1) is 0 Å². The van der Waals surface area contributed by atoms with Gasteiger partial charge in [0.05, 0.1) is 22.2 Å². The molecule has 0 aliphatic carbocycles. The molecule has 0 saturated heterocycles. The van der Waals surface area contributed by atoms with Gasteiger partial charge in [0, 0.05) is 11.5 Å². The molecule has 3 heterocycles. The highest BCUT2D eigenvalue weighted by molar-refractivity contribution is 5.92. The summed E-state index contributed by atoms with van der Waals surface area (Å²) in [6.45, 7) is 0. The van der Waals surface area contributed by atoms with Crippen molar-refractivity contribution in [3.8, 4) is 11.4 Å². The molecule has 0 saturated carbocycles. The van der Waals surface area contributed by atoms with Crippen LogP contribution in [0.15, 0.2) is 53.3 Å². The lowest BCUT2D eigenvalue weighted by Gasteiger charge is -2.00. The minimum atomic E-state index is -0.128. The molecule has 5 nitrogen and oxygen atoms in total. The van der Waals surface area contributed by atoms with E-state index in [0.717, 1.165) is 33.3 Å². The predicted molar refractivity (Wildman–Crippen MR) is 77.5 cm³/mol. The van der Waals surface area contributed by atoms with Crippen LogP contribution in [0.1, 0.15) is 0 Å². The van der Waals surface area contributed by atoms with Crippen LogP contribution in [-0.4, -0.2) is 20.2 Å². The van der Waals surface area contributed by atoms with Gasteiger partial charge in [-0.3, -0.25) is 9.89 Å². The van der Waals surface area contributed by atoms with Gasteiger partial charge >= 0.3 is 0 Å². The molecule has 0 aliphatic heterocycles. The normalized spacial score (nSPS) is 11.2. The summed E-state index contributed by atoms with van der Waals surface area (Å²) in [7, 11) is 0. The Balaban J connectivity index is 1.98. The minimum absolute atomic E-state index is 0.128. The lowest BCUT2D eigenvalue weighted by atomic mass is 10.1. The molecule has 0 fully saturated rings. The van der Waals surface area contributed by atoms with Gasteiger partial charge in [0.25, 0.3) is 0 Å². The number of H-pyrrole nitrogens is 2. The van der Waals surface area contributed by atoms with Crippen LogP contribution < -0.4 is 5.56 Å². The van der Waals surface area contributed by atoms with Gasteiger partial charge in [-0.15, -0.1) is 0 Å². The number of aromatic nitrogens is 4. The van der Waals surface area contributed by atoms with Gasteiger partial charge in [-0.2, -0.15) is 5.10 Å². The number of nitrogens with one attached hydrogen (secondary N) is 2. The lowest BCUT2D eigenvalue weighted by molar-refractivity contribution is 1.11. The number of rotatable bonds is 1. The molecule has 2 N–H and O–H groups in total. The Kier molecular flexibility index (Phi) is 2.20. The summed E-state index contributed by atoms with van der Waals surface area (Å²) in [6.07, 6.45) is 0. The zero-order chi connectivity index (χ0) is 13.5. The average Bonchev–Trinajstić information content (AvgIpc) is 2.91. The fraction of sp³-hybridized carbons (Fsp3) is 0. The van der Waals surface area contributed by atoms with Crippen molar-refractivity contribution in [1.29, 1.82) is 0 Å². The molecule has 4 aromatic rings. The molecular formula is C15H10N4O. The molecule has 0 aliphatic rings. The third-order valence-corrected chi connectivity index (χ3v) is 3.29. The van der Waals surface area contributed by atoms with Crippen LogP contribution in [0.25, 0.3) is 33.3 Å². The third kappa shape index (κ3) is 1.60. The number of aromatic amines is 2. The zero-order valence-electron chi connectivity index (χ0n) is 10.4. The van der Waals surface area contributed by atoms with E-state index in [4.69, 9.17) is 0 Å². The summed E-state index contributed by atoms with van der Waals surface area (Å²) in [5.74, 6) is 0. The summed E-state index contributed by atoms with van der Waals surface area (Å²) >= 11 is 0. The van der Waals surface area contributed by atoms with Crippen molar-refractivity contribution >= 4 is 21.9 Å². The second-order valence-corrected chi connectivity index (χ2v) is 4.57. The maximum absolute atomic E-state index is 11.3. The Morgan fingerprint density at radius 2 is 1.80 bits per heavy atom. The zero-order valence-corrected chi connectivity index (χ0v) is 10.4. The molecule has 0 bridgehead atoms. The fourth-order valence-electron chi connectivity index (χ4n) is 2.33. The quantitative estimate of drug-likeness (QED) is 0.553. The first kappa shape index (κ1) is 10.9. The maximum Gasteiger partial charge on any atom is 0.248 e. The van der Waals surface area contributed by atoms with Gasteiger partial charge in [-0.05, 0) is 24.3 Å². The topological polar surface area (TPSA) is 74.4 Å². The van der Waals surface area contributed by atoms with Crippen LogP contribution in [0.2, 0.25) is 0 Å². The molecular weight excluding hydrogens is 252 g/mol. The van der Waals surface area contributed by atoms with Crippen LogP contribution in [0.3, 0.4) is 0 Å². The number of hydrogen-bond donors (Lipinski definition) is 2. The maximum atomic E-state index is 11.3. The highest BCUT2D eigenvalue weighted by atomic mass is 16.1. The lowest BCUT2D eigenvalue weighted by Crippen LogP contribution is -2.03. The molecule has 4 rings (SSSR count). The van der Waals surface area contributed by atoms with E-state index in [9.17, 15) is 4.79 Å². The molecule has 96 valence electrons. The Labute approximate surface area is 113 Å². The van der Waals surface area contributed by atoms with Crippen LogP contribution in [0.4, 0.5) is 0 Å². The van der Waals surface area contributed by atoms with E-state index in [-0.39, 0.29) is 5.56 Å². The van der Waals surface area contributed by atoms with E-state index < -0.39 is 0 Å². The van der Waals surface area contributed by atoms with Crippen molar-refractivity contribution in [2.24, 2.45) is 0 Å². The molecule has 0 amide bonds. The first-order chi connectivity index (χ1) is 9.81. The first-order valence-corrected chi connectivity index (χ1v) is 6.25. The van der Waals surface area contributed by atoms with E-state index in [2.05, 4.69) is 20.2 Å².